The molecular weight excluding hydrogens is 380 g/mol. The van der Waals surface area contributed by atoms with Gasteiger partial charge in [0.15, 0.2) is 5.58 Å². The topological polar surface area (TPSA) is 73.6 Å². The first-order valence-corrected chi connectivity index (χ1v) is 10.6. The van der Waals surface area contributed by atoms with Gasteiger partial charge in [-0.1, -0.05) is 6.07 Å². The lowest BCUT2D eigenvalue weighted by Crippen LogP contribution is -2.34. The van der Waals surface area contributed by atoms with Crippen molar-refractivity contribution in [2.24, 2.45) is 0 Å². The van der Waals surface area contributed by atoms with E-state index >= 15 is 0 Å². The van der Waals surface area contributed by atoms with E-state index in [2.05, 4.69) is 28.5 Å². The number of hydrogen-bond acceptors (Lipinski definition) is 5. The lowest BCUT2D eigenvalue weighted by Gasteiger charge is -2.22. The Morgan fingerprint density at radius 2 is 1.97 bits per heavy atom. The number of amides is 1. The average molecular weight is 411 g/mol. The third-order valence-corrected chi connectivity index (χ3v) is 5.52. The van der Waals surface area contributed by atoms with Crippen molar-refractivity contribution in [1.82, 2.24) is 10.3 Å². The molecule has 0 aliphatic carbocycles. The molecule has 1 amide bonds. The maximum absolute atomic E-state index is 12.3. The van der Waals surface area contributed by atoms with Gasteiger partial charge < -0.3 is 19.2 Å². The highest BCUT2D eigenvalue weighted by atomic mass is 16.6. The summed E-state index contributed by atoms with van der Waals surface area (Å²) in [7, 11) is 0. The van der Waals surface area contributed by atoms with Crippen LogP contribution in [-0.4, -0.2) is 29.9 Å². The van der Waals surface area contributed by atoms with Crippen molar-refractivity contribution in [2.45, 2.75) is 65.0 Å². The van der Waals surface area contributed by atoms with Gasteiger partial charge in [0.05, 0.1) is 6.04 Å². The Labute approximate surface area is 176 Å². The van der Waals surface area contributed by atoms with Gasteiger partial charge in [0.1, 0.15) is 16.7 Å². The summed E-state index contributed by atoms with van der Waals surface area (Å²) in [5, 5.41) is 3.91. The molecule has 6 nitrogen and oxygen atoms in total. The molecule has 1 fully saturated rings. The molecule has 6 heteroatoms. The summed E-state index contributed by atoms with van der Waals surface area (Å²) in [6.07, 6.45) is 3.39. The Hall–Kier alpha value is -2.60. The highest BCUT2D eigenvalue weighted by molar-refractivity contribution is 6.05. The molecule has 1 aliphatic heterocycles. The zero-order chi connectivity index (χ0) is 21.5. The summed E-state index contributed by atoms with van der Waals surface area (Å²) in [6.45, 7) is 11.1. The second kappa shape index (κ2) is 7.91. The molecule has 2 aromatic heterocycles. The van der Waals surface area contributed by atoms with Gasteiger partial charge in [-0.15, -0.1) is 0 Å². The lowest BCUT2D eigenvalue weighted by molar-refractivity contribution is 0.0508. The van der Waals surface area contributed by atoms with Gasteiger partial charge in [0.25, 0.3) is 0 Å². The summed E-state index contributed by atoms with van der Waals surface area (Å²) in [6, 6.07) is 5.96. The number of carbonyl (C=O) groups is 1. The normalized spacial score (nSPS) is 16.7. The van der Waals surface area contributed by atoms with Crippen LogP contribution in [0.4, 0.5) is 4.79 Å². The van der Waals surface area contributed by atoms with Crippen LogP contribution >= 0.6 is 0 Å². The van der Waals surface area contributed by atoms with Crippen molar-refractivity contribution >= 4 is 28.2 Å². The number of hydrogen-bond donors (Lipinski definition) is 1. The van der Waals surface area contributed by atoms with Gasteiger partial charge >= 0.3 is 6.09 Å². The van der Waals surface area contributed by atoms with E-state index in [0.717, 1.165) is 59.3 Å². The molecule has 0 bridgehead atoms. The number of fused-ring (bicyclic) bond motifs is 3. The Bertz CT molecular complexity index is 1070. The van der Waals surface area contributed by atoms with Crippen molar-refractivity contribution in [3.63, 3.8) is 0 Å². The maximum atomic E-state index is 12.3. The smallest absolute Gasteiger partial charge is 0.408 e. The Morgan fingerprint density at radius 3 is 2.67 bits per heavy atom. The number of aromatic nitrogens is 1. The molecule has 0 unspecified atom stereocenters. The number of carbonyl (C=O) groups excluding carboxylic acids is 1. The third kappa shape index (κ3) is 4.15. The Balaban J connectivity index is 1.76. The monoisotopic (exact) mass is 410 g/mol. The summed E-state index contributed by atoms with van der Waals surface area (Å²) >= 11 is 0. The highest BCUT2D eigenvalue weighted by Crippen LogP contribution is 2.38. The molecule has 1 aromatic carbocycles. The van der Waals surface area contributed by atoms with Crippen molar-refractivity contribution < 1.29 is 18.7 Å². The number of furan rings is 1. The number of pyridine rings is 1. The van der Waals surface area contributed by atoms with Crippen LogP contribution in [0.1, 0.15) is 69.2 Å². The standard InChI is InChI=1S/C24H30N2O4/c1-14-12-18(15(2)26-23(27)30-24(3,4)5)21-19(13-14)20-22(29-21)17(6-9-25-20)16-7-10-28-11-8-16/h6,9,12-13,15-16H,7-8,10-11H2,1-5H3,(H,26,27)/t15-/m1/s1. The van der Waals surface area contributed by atoms with E-state index in [9.17, 15) is 4.79 Å². The molecule has 1 atom stereocenters. The fourth-order valence-corrected chi connectivity index (χ4v) is 4.17. The quantitative estimate of drug-likeness (QED) is 0.593. The van der Waals surface area contributed by atoms with Gasteiger partial charge in [-0.25, -0.2) is 4.79 Å². The number of aryl methyl sites for hydroxylation is 1. The zero-order valence-electron chi connectivity index (χ0n) is 18.4. The van der Waals surface area contributed by atoms with Crippen LogP contribution in [0, 0.1) is 6.92 Å². The molecule has 0 radical (unpaired) electrons. The fraction of sp³-hybridized carbons (Fsp3) is 0.500. The summed E-state index contributed by atoms with van der Waals surface area (Å²) < 4.78 is 17.4. The van der Waals surface area contributed by atoms with E-state index in [-0.39, 0.29) is 6.04 Å². The second-order valence-electron chi connectivity index (χ2n) is 9.17. The summed E-state index contributed by atoms with van der Waals surface area (Å²) in [4.78, 5) is 16.9. The first-order valence-electron chi connectivity index (χ1n) is 10.6. The highest BCUT2D eigenvalue weighted by Gasteiger charge is 2.25. The predicted molar refractivity (Wildman–Crippen MR) is 117 cm³/mol. The summed E-state index contributed by atoms with van der Waals surface area (Å²) in [5.41, 5.74) is 5.15. The largest absolute Gasteiger partial charge is 0.454 e. The second-order valence-corrected chi connectivity index (χ2v) is 9.17. The van der Waals surface area contributed by atoms with Gasteiger partial charge in [-0.05, 0) is 71.1 Å². The molecule has 3 heterocycles. The summed E-state index contributed by atoms with van der Waals surface area (Å²) in [5.74, 6) is 0.409. The average Bonchev–Trinajstić information content (AvgIpc) is 3.05. The first kappa shape index (κ1) is 20.7. The first-order chi connectivity index (χ1) is 14.2. The van der Waals surface area contributed by atoms with E-state index in [1.807, 2.05) is 40.8 Å². The van der Waals surface area contributed by atoms with Crippen molar-refractivity contribution in [3.8, 4) is 0 Å². The van der Waals surface area contributed by atoms with Crippen molar-refractivity contribution in [2.75, 3.05) is 13.2 Å². The van der Waals surface area contributed by atoms with Gasteiger partial charge in [0, 0.05) is 35.9 Å². The molecule has 1 aliphatic rings. The van der Waals surface area contributed by atoms with Gasteiger partial charge in [0.2, 0.25) is 0 Å². The minimum atomic E-state index is -0.548. The van der Waals surface area contributed by atoms with E-state index in [1.165, 1.54) is 5.56 Å². The number of nitrogens with zero attached hydrogens (tertiary/aromatic N) is 1. The van der Waals surface area contributed by atoms with E-state index in [1.54, 1.807) is 0 Å². The zero-order valence-corrected chi connectivity index (χ0v) is 18.4. The van der Waals surface area contributed by atoms with E-state index in [4.69, 9.17) is 13.9 Å². The van der Waals surface area contributed by atoms with Crippen LogP contribution in [0.5, 0.6) is 0 Å². The van der Waals surface area contributed by atoms with Crippen LogP contribution in [0.15, 0.2) is 28.8 Å². The third-order valence-electron chi connectivity index (χ3n) is 5.52. The van der Waals surface area contributed by atoms with Gasteiger partial charge in [-0.2, -0.15) is 0 Å². The Kier molecular flexibility index (Phi) is 5.45. The Morgan fingerprint density at radius 1 is 1.23 bits per heavy atom. The number of benzene rings is 1. The van der Waals surface area contributed by atoms with Crippen molar-refractivity contribution in [1.29, 1.82) is 0 Å². The molecule has 1 N–H and O–H groups in total. The van der Waals surface area contributed by atoms with Crippen LogP contribution in [-0.2, 0) is 9.47 Å². The van der Waals surface area contributed by atoms with Crippen LogP contribution in [0.3, 0.4) is 0 Å². The predicted octanol–water partition coefficient (Wildman–Crippen LogP) is 5.77. The lowest BCUT2D eigenvalue weighted by atomic mass is 9.91. The fourth-order valence-electron chi connectivity index (χ4n) is 4.17. The molecule has 0 spiro atoms. The van der Waals surface area contributed by atoms with Gasteiger partial charge in [-0.3, -0.25) is 4.98 Å². The number of rotatable bonds is 3. The molecule has 3 aromatic rings. The minimum absolute atomic E-state index is 0.269. The molecule has 1 saturated heterocycles. The van der Waals surface area contributed by atoms with E-state index in [0.29, 0.717) is 5.92 Å². The molecule has 30 heavy (non-hydrogen) atoms. The van der Waals surface area contributed by atoms with Crippen molar-refractivity contribution in [3.05, 3.63) is 41.1 Å². The minimum Gasteiger partial charge on any atom is -0.454 e. The van der Waals surface area contributed by atoms with Crippen LogP contribution in [0.25, 0.3) is 22.1 Å². The molecule has 4 rings (SSSR count). The number of alkyl carbamates (subject to hydrolysis) is 1. The van der Waals surface area contributed by atoms with Crippen LogP contribution < -0.4 is 5.32 Å². The van der Waals surface area contributed by atoms with Crippen LogP contribution in [0.2, 0.25) is 0 Å². The van der Waals surface area contributed by atoms with E-state index < -0.39 is 11.7 Å². The number of ether oxygens (including phenoxy) is 2. The molecular formula is C24H30N2O4. The maximum Gasteiger partial charge on any atom is 0.408 e. The SMILES string of the molecule is Cc1cc([C@@H](C)NC(=O)OC(C)(C)C)c2oc3c(C4CCOCC4)ccnc3c2c1. The molecule has 160 valence electrons. The molecule has 0 saturated carbocycles. The number of nitrogens with one attached hydrogen (secondary N) is 1.